The zero-order valence-electron chi connectivity index (χ0n) is 8.27. The van der Waals surface area contributed by atoms with Gasteiger partial charge >= 0.3 is 0 Å². The SMILES string of the molecule is CCC1C=C(O)C(=O)N1[C@@H]1CCOC1. The Morgan fingerprint density at radius 3 is 3.07 bits per heavy atom. The fraction of sp³-hybridized carbons (Fsp3) is 0.700. The lowest BCUT2D eigenvalue weighted by atomic mass is 10.1. The van der Waals surface area contributed by atoms with E-state index in [9.17, 15) is 9.90 Å². The van der Waals surface area contributed by atoms with E-state index >= 15 is 0 Å². The van der Waals surface area contributed by atoms with E-state index in [0.29, 0.717) is 13.2 Å². The lowest BCUT2D eigenvalue weighted by Crippen LogP contribution is -2.43. The molecule has 1 saturated heterocycles. The summed E-state index contributed by atoms with van der Waals surface area (Å²) in [5.41, 5.74) is 0. The fourth-order valence-corrected chi connectivity index (χ4v) is 2.11. The van der Waals surface area contributed by atoms with Gasteiger partial charge in [0.2, 0.25) is 0 Å². The van der Waals surface area contributed by atoms with E-state index in [2.05, 4.69) is 0 Å². The summed E-state index contributed by atoms with van der Waals surface area (Å²) in [5.74, 6) is -0.351. The van der Waals surface area contributed by atoms with Crippen molar-refractivity contribution in [2.75, 3.05) is 13.2 Å². The second-order valence-corrected chi connectivity index (χ2v) is 3.76. The normalized spacial score (nSPS) is 32.5. The van der Waals surface area contributed by atoms with Gasteiger partial charge in [-0.1, -0.05) is 6.92 Å². The van der Waals surface area contributed by atoms with Crippen LogP contribution in [0.3, 0.4) is 0 Å². The standard InChI is InChI=1S/C10H15NO3/c1-2-7-5-9(12)10(13)11(7)8-3-4-14-6-8/h5,7-8,12H,2-4,6H2,1H3/t7?,8-/m1/s1. The minimum absolute atomic E-state index is 0.0502. The van der Waals surface area contributed by atoms with Crippen LogP contribution >= 0.6 is 0 Å². The quantitative estimate of drug-likeness (QED) is 0.713. The molecule has 0 aromatic carbocycles. The Morgan fingerprint density at radius 1 is 1.71 bits per heavy atom. The molecule has 2 rings (SSSR count). The molecule has 1 amide bonds. The van der Waals surface area contributed by atoms with Crippen molar-refractivity contribution in [2.45, 2.75) is 31.8 Å². The molecule has 2 heterocycles. The minimum atomic E-state index is -0.243. The molecule has 0 bridgehead atoms. The summed E-state index contributed by atoms with van der Waals surface area (Å²) < 4.78 is 5.25. The number of hydrogen-bond donors (Lipinski definition) is 1. The van der Waals surface area contributed by atoms with Gasteiger partial charge in [0.1, 0.15) is 0 Å². The molecule has 4 nitrogen and oxygen atoms in total. The van der Waals surface area contributed by atoms with Gasteiger partial charge in [0.15, 0.2) is 5.76 Å². The van der Waals surface area contributed by atoms with Crippen LogP contribution in [0, 0.1) is 0 Å². The van der Waals surface area contributed by atoms with Gasteiger partial charge in [-0.2, -0.15) is 0 Å². The third-order valence-electron chi connectivity index (χ3n) is 2.88. The first-order valence-corrected chi connectivity index (χ1v) is 5.05. The fourth-order valence-electron chi connectivity index (χ4n) is 2.11. The zero-order valence-corrected chi connectivity index (χ0v) is 8.27. The summed E-state index contributed by atoms with van der Waals surface area (Å²) in [6.45, 7) is 3.32. The van der Waals surface area contributed by atoms with Gasteiger partial charge < -0.3 is 14.7 Å². The summed E-state index contributed by atoms with van der Waals surface area (Å²) in [4.78, 5) is 13.4. The van der Waals surface area contributed by atoms with Gasteiger partial charge in [-0.15, -0.1) is 0 Å². The molecule has 1 unspecified atom stereocenters. The highest BCUT2D eigenvalue weighted by atomic mass is 16.5. The van der Waals surface area contributed by atoms with Crippen molar-refractivity contribution >= 4 is 5.91 Å². The molecule has 2 aliphatic heterocycles. The number of carbonyl (C=O) groups excluding carboxylic acids is 1. The molecule has 0 aliphatic carbocycles. The molecule has 2 aliphatic rings. The van der Waals surface area contributed by atoms with Crippen LogP contribution in [-0.2, 0) is 9.53 Å². The summed E-state index contributed by atoms with van der Waals surface area (Å²) in [7, 11) is 0. The average molecular weight is 197 g/mol. The molecule has 0 aromatic heterocycles. The maximum atomic E-state index is 11.6. The van der Waals surface area contributed by atoms with Crippen molar-refractivity contribution in [3.05, 3.63) is 11.8 Å². The molecule has 0 aromatic rings. The van der Waals surface area contributed by atoms with Gasteiger partial charge in [0, 0.05) is 6.61 Å². The highest BCUT2D eigenvalue weighted by Gasteiger charge is 2.37. The van der Waals surface area contributed by atoms with Crippen molar-refractivity contribution in [1.29, 1.82) is 0 Å². The summed E-state index contributed by atoms with van der Waals surface area (Å²) in [5, 5.41) is 9.36. The van der Waals surface area contributed by atoms with Crippen LogP contribution in [0.2, 0.25) is 0 Å². The molecular formula is C10H15NO3. The van der Waals surface area contributed by atoms with Crippen molar-refractivity contribution < 1.29 is 14.6 Å². The van der Waals surface area contributed by atoms with E-state index in [1.165, 1.54) is 0 Å². The first-order valence-electron chi connectivity index (χ1n) is 5.05. The van der Waals surface area contributed by atoms with Gasteiger partial charge in [-0.3, -0.25) is 4.79 Å². The zero-order chi connectivity index (χ0) is 10.1. The Bertz CT molecular complexity index is 269. The first-order chi connectivity index (χ1) is 6.74. The highest BCUT2D eigenvalue weighted by molar-refractivity contribution is 5.94. The number of aliphatic hydroxyl groups is 1. The van der Waals surface area contributed by atoms with Crippen molar-refractivity contribution in [1.82, 2.24) is 4.90 Å². The van der Waals surface area contributed by atoms with E-state index < -0.39 is 0 Å². The Hall–Kier alpha value is -1.03. The van der Waals surface area contributed by atoms with E-state index in [1.807, 2.05) is 6.92 Å². The number of aliphatic hydroxyl groups excluding tert-OH is 1. The Balaban J connectivity index is 2.13. The molecule has 0 spiro atoms. The number of ether oxygens (including phenoxy) is 1. The van der Waals surface area contributed by atoms with Gasteiger partial charge in [-0.05, 0) is 18.9 Å². The third-order valence-corrected chi connectivity index (χ3v) is 2.88. The first kappa shape index (κ1) is 9.52. The molecule has 78 valence electrons. The van der Waals surface area contributed by atoms with Crippen LogP contribution in [-0.4, -0.2) is 41.2 Å². The van der Waals surface area contributed by atoms with Crippen molar-refractivity contribution in [3.8, 4) is 0 Å². The lowest BCUT2D eigenvalue weighted by Gasteiger charge is -2.28. The summed E-state index contributed by atoms with van der Waals surface area (Å²) in [6.07, 6.45) is 3.36. The van der Waals surface area contributed by atoms with E-state index in [0.717, 1.165) is 12.8 Å². The third kappa shape index (κ3) is 1.39. The summed E-state index contributed by atoms with van der Waals surface area (Å²) >= 11 is 0. The van der Waals surface area contributed by atoms with E-state index in [1.54, 1.807) is 11.0 Å². The van der Waals surface area contributed by atoms with Gasteiger partial charge in [-0.25, -0.2) is 0 Å². The molecule has 0 saturated carbocycles. The number of rotatable bonds is 2. The van der Waals surface area contributed by atoms with Gasteiger partial charge in [0.25, 0.3) is 5.91 Å². The average Bonchev–Trinajstić information content (AvgIpc) is 2.76. The minimum Gasteiger partial charge on any atom is -0.503 e. The Morgan fingerprint density at radius 2 is 2.50 bits per heavy atom. The molecule has 14 heavy (non-hydrogen) atoms. The van der Waals surface area contributed by atoms with Crippen LogP contribution in [0.4, 0.5) is 0 Å². The molecule has 1 fully saturated rings. The van der Waals surface area contributed by atoms with Crippen LogP contribution in [0.5, 0.6) is 0 Å². The Kier molecular flexibility index (Phi) is 2.46. The Labute approximate surface area is 83.2 Å². The van der Waals surface area contributed by atoms with Gasteiger partial charge in [0.05, 0.1) is 18.7 Å². The molecule has 0 radical (unpaired) electrons. The predicted molar refractivity (Wildman–Crippen MR) is 50.9 cm³/mol. The number of amides is 1. The topological polar surface area (TPSA) is 49.8 Å². The van der Waals surface area contributed by atoms with Crippen molar-refractivity contribution in [3.63, 3.8) is 0 Å². The van der Waals surface area contributed by atoms with Crippen LogP contribution in [0.25, 0.3) is 0 Å². The molecule has 2 atom stereocenters. The maximum Gasteiger partial charge on any atom is 0.289 e. The number of hydrogen-bond acceptors (Lipinski definition) is 3. The molecule has 1 N–H and O–H groups in total. The van der Waals surface area contributed by atoms with Crippen LogP contribution < -0.4 is 0 Å². The molecule has 4 heteroatoms. The van der Waals surface area contributed by atoms with E-state index in [-0.39, 0.29) is 23.8 Å². The maximum absolute atomic E-state index is 11.6. The van der Waals surface area contributed by atoms with Crippen molar-refractivity contribution in [2.24, 2.45) is 0 Å². The number of carbonyl (C=O) groups is 1. The monoisotopic (exact) mass is 197 g/mol. The molecular weight excluding hydrogens is 182 g/mol. The smallest absolute Gasteiger partial charge is 0.289 e. The highest BCUT2D eigenvalue weighted by Crippen LogP contribution is 2.25. The van der Waals surface area contributed by atoms with E-state index in [4.69, 9.17) is 4.74 Å². The summed E-state index contributed by atoms with van der Waals surface area (Å²) in [6, 6.07) is 0.197. The second kappa shape index (κ2) is 3.61. The lowest BCUT2D eigenvalue weighted by molar-refractivity contribution is -0.131. The number of nitrogens with zero attached hydrogens (tertiary/aromatic N) is 1. The van der Waals surface area contributed by atoms with Crippen LogP contribution in [0.1, 0.15) is 19.8 Å². The second-order valence-electron chi connectivity index (χ2n) is 3.76. The largest absolute Gasteiger partial charge is 0.503 e. The van der Waals surface area contributed by atoms with Crippen LogP contribution in [0.15, 0.2) is 11.8 Å². The predicted octanol–water partition coefficient (Wildman–Crippen LogP) is 0.838.